The van der Waals surface area contributed by atoms with Gasteiger partial charge in [0.15, 0.2) is 17.3 Å². The Morgan fingerprint density at radius 2 is 1.83 bits per heavy atom. The molecular formula is C32H37BrN4O4S. The zero-order valence-corrected chi connectivity index (χ0v) is 26.6. The number of rotatable bonds is 16. The second-order valence-corrected chi connectivity index (χ2v) is 11.6. The molecule has 2 aliphatic heterocycles. The fourth-order valence-corrected chi connectivity index (χ4v) is 6.02. The molecule has 0 aromatic heterocycles. The highest BCUT2D eigenvalue weighted by molar-refractivity contribution is 9.10. The molecule has 1 N–H and O–H groups in total. The number of allylic oxidation sites excluding steroid dienone is 1. The number of carbonyl (C=O) groups excluding carboxylic acids is 1. The van der Waals surface area contributed by atoms with Crippen molar-refractivity contribution in [2.24, 2.45) is 10.1 Å². The summed E-state index contributed by atoms with van der Waals surface area (Å²) in [6.45, 7) is 8.97. The third kappa shape index (κ3) is 8.13. The standard InChI is InChI=1S/C32H37BrN4O4S/c1-4-7-8-9-10-16-28-36-37-30(34)24(31(38)35-32(37)42-28)19-22-20-25(33)29(27(21-22)39-6-3)41-18-17-40-26-15-12-11-14-23(26)13-5-2/h5,11-12,14-15,19-21,34H,2,4,6-10,13,16-18H2,1,3H3/b24-19-,34-30?. The van der Waals surface area contributed by atoms with E-state index in [1.807, 2.05) is 43.3 Å². The van der Waals surface area contributed by atoms with E-state index in [-0.39, 0.29) is 11.4 Å². The van der Waals surface area contributed by atoms with E-state index in [2.05, 4.69) is 39.5 Å². The van der Waals surface area contributed by atoms with E-state index >= 15 is 0 Å². The number of thioether (sulfide) groups is 1. The van der Waals surface area contributed by atoms with Crippen molar-refractivity contribution in [1.29, 1.82) is 5.41 Å². The smallest absolute Gasteiger partial charge is 0.283 e. The first-order valence-corrected chi connectivity index (χ1v) is 16.0. The molecule has 8 nitrogen and oxygen atoms in total. The van der Waals surface area contributed by atoms with Crippen molar-refractivity contribution in [3.8, 4) is 17.2 Å². The number of hydrogen-bond donors (Lipinski definition) is 1. The number of hydrazone groups is 1. The fraction of sp³-hybridized carbons (Fsp3) is 0.375. The number of amides is 1. The van der Waals surface area contributed by atoms with E-state index in [4.69, 9.17) is 19.6 Å². The quantitative estimate of drug-likeness (QED) is 0.112. The Kier molecular flexibility index (Phi) is 11.8. The summed E-state index contributed by atoms with van der Waals surface area (Å²) in [7, 11) is 0. The second-order valence-electron chi connectivity index (χ2n) is 9.74. The number of nitrogens with zero attached hydrogens (tertiary/aromatic N) is 3. The lowest BCUT2D eigenvalue weighted by Gasteiger charge is -2.20. The second kappa shape index (κ2) is 15.7. The molecular weight excluding hydrogens is 616 g/mol. The van der Waals surface area contributed by atoms with Crippen molar-refractivity contribution in [2.45, 2.75) is 58.8 Å². The number of amidine groups is 2. The fourth-order valence-electron chi connectivity index (χ4n) is 4.52. The zero-order valence-electron chi connectivity index (χ0n) is 24.2. The number of para-hydroxylation sites is 1. The van der Waals surface area contributed by atoms with Crippen molar-refractivity contribution in [2.75, 3.05) is 19.8 Å². The molecule has 10 heteroatoms. The van der Waals surface area contributed by atoms with Gasteiger partial charge in [-0.1, -0.05) is 56.9 Å². The SMILES string of the molecule is C=CCc1ccccc1OCCOc1c(Br)cc(/C=C2/C(=N)N3N=C(CCCCCCC)SC3=NC2=O)cc1OCC. The third-order valence-electron chi connectivity index (χ3n) is 6.56. The number of halogens is 1. The first-order valence-electron chi connectivity index (χ1n) is 14.3. The summed E-state index contributed by atoms with van der Waals surface area (Å²) in [4.78, 5) is 17.2. The number of ether oxygens (including phenoxy) is 3. The maximum Gasteiger partial charge on any atom is 0.283 e. The predicted molar refractivity (Wildman–Crippen MR) is 175 cm³/mol. The van der Waals surface area contributed by atoms with Gasteiger partial charge in [-0.3, -0.25) is 10.2 Å². The van der Waals surface area contributed by atoms with Crippen molar-refractivity contribution >= 4 is 55.7 Å². The number of fused-ring (bicyclic) bond motifs is 1. The molecule has 0 saturated carbocycles. The van der Waals surface area contributed by atoms with Crippen LogP contribution in [0, 0.1) is 5.41 Å². The zero-order chi connectivity index (χ0) is 29.9. The molecule has 2 aromatic rings. The van der Waals surface area contributed by atoms with Crippen LogP contribution >= 0.6 is 27.7 Å². The van der Waals surface area contributed by atoms with Crippen LogP contribution in [-0.2, 0) is 11.2 Å². The van der Waals surface area contributed by atoms with Gasteiger partial charge in [-0.2, -0.15) is 15.1 Å². The molecule has 4 rings (SSSR count). The molecule has 0 atom stereocenters. The summed E-state index contributed by atoms with van der Waals surface area (Å²) < 4.78 is 18.5. The Hall–Kier alpha value is -3.37. The highest BCUT2D eigenvalue weighted by Crippen LogP contribution is 2.38. The number of nitrogens with one attached hydrogen (secondary N) is 1. The van der Waals surface area contributed by atoms with Crippen LogP contribution in [-0.4, -0.2) is 46.8 Å². The molecule has 2 aliphatic rings. The predicted octanol–water partition coefficient (Wildman–Crippen LogP) is 8.01. The Morgan fingerprint density at radius 3 is 2.62 bits per heavy atom. The highest BCUT2D eigenvalue weighted by atomic mass is 79.9. The van der Waals surface area contributed by atoms with Crippen molar-refractivity contribution < 1.29 is 19.0 Å². The van der Waals surface area contributed by atoms with Crippen LogP contribution in [0.5, 0.6) is 17.2 Å². The number of aliphatic imine (C=N–C) groups is 1. The molecule has 0 saturated heterocycles. The van der Waals surface area contributed by atoms with E-state index in [0.717, 1.165) is 42.0 Å². The Balaban J connectivity index is 1.44. The summed E-state index contributed by atoms with van der Waals surface area (Å²) in [5.74, 6) is 1.42. The Bertz CT molecular complexity index is 1400. The molecule has 1 amide bonds. The molecule has 2 aromatic carbocycles. The van der Waals surface area contributed by atoms with Crippen molar-refractivity contribution in [3.05, 3.63) is 70.2 Å². The van der Waals surface area contributed by atoms with Crippen LogP contribution in [0.2, 0.25) is 0 Å². The molecule has 42 heavy (non-hydrogen) atoms. The van der Waals surface area contributed by atoms with E-state index in [1.54, 1.807) is 12.1 Å². The summed E-state index contributed by atoms with van der Waals surface area (Å²) >= 11 is 4.97. The largest absolute Gasteiger partial charge is 0.490 e. The van der Waals surface area contributed by atoms with Crippen LogP contribution in [0.3, 0.4) is 0 Å². The monoisotopic (exact) mass is 652 g/mol. The lowest BCUT2D eigenvalue weighted by Crippen LogP contribution is -2.35. The van der Waals surface area contributed by atoms with Crippen LogP contribution in [0.1, 0.15) is 63.5 Å². The number of hydrogen-bond acceptors (Lipinski definition) is 7. The summed E-state index contributed by atoms with van der Waals surface area (Å²) in [6, 6.07) is 11.5. The van der Waals surface area contributed by atoms with Crippen LogP contribution in [0.25, 0.3) is 6.08 Å². The van der Waals surface area contributed by atoms with E-state index in [9.17, 15) is 4.79 Å². The third-order valence-corrected chi connectivity index (χ3v) is 8.11. The van der Waals surface area contributed by atoms with Gasteiger partial charge in [0.1, 0.15) is 24.0 Å². The number of benzene rings is 2. The van der Waals surface area contributed by atoms with E-state index < -0.39 is 5.91 Å². The van der Waals surface area contributed by atoms with Crippen LogP contribution in [0.15, 0.2) is 69.2 Å². The molecule has 0 fully saturated rings. The van der Waals surface area contributed by atoms with Gasteiger partial charge in [-0.25, -0.2) is 0 Å². The van der Waals surface area contributed by atoms with Gasteiger partial charge in [0, 0.05) is 0 Å². The van der Waals surface area contributed by atoms with Gasteiger partial charge < -0.3 is 14.2 Å². The van der Waals surface area contributed by atoms with Crippen molar-refractivity contribution in [3.63, 3.8) is 0 Å². The highest BCUT2D eigenvalue weighted by Gasteiger charge is 2.35. The lowest BCUT2D eigenvalue weighted by atomic mass is 10.1. The minimum atomic E-state index is -0.457. The minimum absolute atomic E-state index is 0.0155. The maximum atomic E-state index is 12.9. The van der Waals surface area contributed by atoms with E-state index in [0.29, 0.717) is 46.5 Å². The van der Waals surface area contributed by atoms with E-state index in [1.165, 1.54) is 36.0 Å². The van der Waals surface area contributed by atoms with Crippen LogP contribution in [0.4, 0.5) is 0 Å². The molecule has 0 aliphatic carbocycles. The van der Waals surface area contributed by atoms with Gasteiger partial charge in [-0.05, 0) is 89.3 Å². The first-order chi connectivity index (χ1) is 20.4. The lowest BCUT2D eigenvalue weighted by molar-refractivity contribution is -0.114. The maximum absolute atomic E-state index is 12.9. The molecule has 0 unspecified atom stereocenters. The molecule has 2 heterocycles. The van der Waals surface area contributed by atoms with Gasteiger partial charge >= 0.3 is 0 Å². The Morgan fingerprint density at radius 1 is 1.05 bits per heavy atom. The average molecular weight is 654 g/mol. The molecule has 0 radical (unpaired) electrons. The topological polar surface area (TPSA) is 96.6 Å². The normalized spacial score (nSPS) is 15.4. The van der Waals surface area contributed by atoms with Crippen molar-refractivity contribution in [1.82, 2.24) is 5.01 Å². The van der Waals surface area contributed by atoms with Gasteiger partial charge in [0.2, 0.25) is 5.17 Å². The summed E-state index contributed by atoms with van der Waals surface area (Å²) in [6.07, 6.45) is 10.9. The summed E-state index contributed by atoms with van der Waals surface area (Å²) in [5, 5.41) is 16.1. The molecule has 0 spiro atoms. The number of carbonyl (C=O) groups is 1. The minimum Gasteiger partial charge on any atom is -0.490 e. The summed E-state index contributed by atoms with van der Waals surface area (Å²) in [5.41, 5.74) is 1.91. The van der Waals surface area contributed by atoms with Gasteiger partial charge in [-0.15, -0.1) is 6.58 Å². The number of unbranched alkanes of at least 4 members (excludes halogenated alkanes) is 4. The van der Waals surface area contributed by atoms with Gasteiger partial charge in [0.25, 0.3) is 5.91 Å². The molecule has 0 bridgehead atoms. The Labute approximate surface area is 260 Å². The van der Waals surface area contributed by atoms with Gasteiger partial charge in [0.05, 0.1) is 16.7 Å². The van der Waals surface area contributed by atoms with Crippen LogP contribution < -0.4 is 14.2 Å². The average Bonchev–Trinajstić information content (AvgIpc) is 3.38. The molecule has 222 valence electrons. The first kappa shape index (κ1) is 31.6.